The first-order chi connectivity index (χ1) is 18.1. The fraction of sp³-hybridized carbons (Fsp3) is 0.423. The van der Waals surface area contributed by atoms with Gasteiger partial charge in [0.15, 0.2) is 0 Å². The van der Waals surface area contributed by atoms with Crippen LogP contribution in [0.15, 0.2) is 29.1 Å². The third kappa shape index (κ3) is 5.54. The molecule has 2 heterocycles. The number of carbonyl (C=O) groups excluding carboxylic acids is 2. The lowest BCUT2D eigenvalue weighted by molar-refractivity contribution is -0.384. The Morgan fingerprint density at radius 3 is 2.71 bits per heavy atom. The Kier molecular flexibility index (Phi) is 7.81. The number of nitrogens with one attached hydrogen (secondary N) is 1. The number of nitro groups is 1. The molecule has 1 fully saturated rings. The van der Waals surface area contributed by atoms with Crippen molar-refractivity contribution in [2.45, 2.75) is 45.8 Å². The normalized spacial score (nSPS) is 15.1. The van der Waals surface area contributed by atoms with E-state index in [1.807, 2.05) is 19.9 Å². The maximum Gasteiger partial charge on any atom is 0.326 e. The molecule has 0 spiro atoms. The van der Waals surface area contributed by atoms with Gasteiger partial charge in [0.25, 0.3) is 5.69 Å². The number of methoxy groups -OCH3 is 1. The number of imidazole rings is 1. The molecular weight excluding hydrogens is 494 g/mol. The van der Waals surface area contributed by atoms with E-state index in [1.165, 1.54) is 34.8 Å². The average Bonchev–Trinajstić information content (AvgIpc) is 3.48. The number of hydrogen-bond donors (Lipinski definition) is 2. The van der Waals surface area contributed by atoms with E-state index in [4.69, 9.17) is 15.2 Å². The van der Waals surface area contributed by atoms with Crippen LogP contribution in [0.3, 0.4) is 0 Å². The summed E-state index contributed by atoms with van der Waals surface area (Å²) in [6.07, 6.45) is 1.44. The first kappa shape index (κ1) is 26.9. The number of nitrogens with zero attached hydrogens (tertiary/aromatic N) is 3. The summed E-state index contributed by atoms with van der Waals surface area (Å²) in [6, 6.07) is 6.01. The van der Waals surface area contributed by atoms with E-state index in [-0.39, 0.29) is 43.8 Å². The van der Waals surface area contributed by atoms with E-state index in [1.54, 1.807) is 0 Å². The summed E-state index contributed by atoms with van der Waals surface area (Å²) in [7, 11) is 1.45. The summed E-state index contributed by atoms with van der Waals surface area (Å²) in [5.41, 5.74) is 8.67. The number of fused-ring (bicyclic) bond motifs is 1. The number of hydrogen-bond acceptors (Lipinski definition) is 7. The van der Waals surface area contributed by atoms with E-state index in [9.17, 15) is 24.5 Å². The molecule has 1 atom stereocenters. The monoisotopic (exact) mass is 525 g/mol. The highest BCUT2D eigenvalue weighted by Crippen LogP contribution is 2.29. The van der Waals surface area contributed by atoms with E-state index in [0.29, 0.717) is 34.5 Å². The second kappa shape index (κ2) is 11.1. The molecule has 1 aliphatic rings. The van der Waals surface area contributed by atoms with Crippen LogP contribution in [0.2, 0.25) is 0 Å². The summed E-state index contributed by atoms with van der Waals surface area (Å²) >= 11 is 0. The number of aryl methyl sites for hydroxylation is 1. The zero-order valence-electron chi connectivity index (χ0n) is 21.6. The molecule has 3 N–H and O–H groups in total. The fourth-order valence-electron chi connectivity index (χ4n) is 4.94. The van der Waals surface area contributed by atoms with E-state index >= 15 is 0 Å². The Labute approximate surface area is 218 Å². The minimum Gasteiger partial charge on any atom is -0.496 e. The highest BCUT2D eigenvalue weighted by atomic mass is 16.6. The number of benzene rings is 2. The second-order valence-corrected chi connectivity index (χ2v) is 9.52. The van der Waals surface area contributed by atoms with Gasteiger partial charge in [0.1, 0.15) is 5.75 Å². The number of H-pyrrole nitrogens is 1. The lowest BCUT2D eigenvalue weighted by Gasteiger charge is -2.25. The molecule has 0 saturated carbocycles. The van der Waals surface area contributed by atoms with Crippen molar-refractivity contribution in [1.82, 2.24) is 14.5 Å². The van der Waals surface area contributed by atoms with Crippen molar-refractivity contribution in [2.24, 2.45) is 5.73 Å². The van der Waals surface area contributed by atoms with Gasteiger partial charge in [-0.1, -0.05) is 0 Å². The fourth-order valence-corrected chi connectivity index (χ4v) is 4.94. The van der Waals surface area contributed by atoms with Crippen molar-refractivity contribution in [3.8, 4) is 5.75 Å². The first-order valence-electron chi connectivity index (χ1n) is 12.3. The van der Waals surface area contributed by atoms with E-state index < -0.39 is 16.5 Å². The van der Waals surface area contributed by atoms with Crippen molar-refractivity contribution in [1.29, 1.82) is 0 Å². The van der Waals surface area contributed by atoms with Crippen molar-refractivity contribution < 1.29 is 24.0 Å². The van der Waals surface area contributed by atoms with Gasteiger partial charge in [0, 0.05) is 30.8 Å². The maximum absolute atomic E-state index is 13.5. The Hall–Kier alpha value is -4.19. The van der Waals surface area contributed by atoms with Crippen LogP contribution in [0.1, 0.15) is 35.1 Å². The third-order valence-corrected chi connectivity index (χ3v) is 6.98. The maximum atomic E-state index is 13.5. The minimum absolute atomic E-state index is 0.0196. The minimum atomic E-state index is -0.626. The first-order valence-corrected chi connectivity index (χ1v) is 12.3. The van der Waals surface area contributed by atoms with Gasteiger partial charge in [0.2, 0.25) is 11.8 Å². The second-order valence-electron chi connectivity index (χ2n) is 9.52. The van der Waals surface area contributed by atoms with Crippen LogP contribution in [0.4, 0.5) is 5.69 Å². The van der Waals surface area contributed by atoms with Gasteiger partial charge in [-0.15, -0.1) is 0 Å². The van der Waals surface area contributed by atoms with Crippen LogP contribution in [0, 0.1) is 24.0 Å². The predicted octanol–water partition coefficient (Wildman–Crippen LogP) is 1.95. The number of aromatic nitrogens is 2. The molecule has 1 saturated heterocycles. The quantitative estimate of drug-likeness (QED) is 0.302. The Morgan fingerprint density at radius 1 is 1.32 bits per heavy atom. The molecule has 202 valence electrons. The molecule has 12 heteroatoms. The summed E-state index contributed by atoms with van der Waals surface area (Å²) in [4.78, 5) is 53.4. The average molecular weight is 526 g/mol. The van der Waals surface area contributed by atoms with Crippen LogP contribution in [-0.4, -0.2) is 64.1 Å². The summed E-state index contributed by atoms with van der Waals surface area (Å²) in [5, 5.41) is 11.4. The van der Waals surface area contributed by atoms with Gasteiger partial charge < -0.3 is 25.1 Å². The summed E-state index contributed by atoms with van der Waals surface area (Å²) in [6.45, 7) is 4.35. The zero-order chi connectivity index (χ0) is 27.6. The number of primary amides is 1. The van der Waals surface area contributed by atoms with Gasteiger partial charge >= 0.3 is 5.69 Å². The molecule has 0 aliphatic carbocycles. The molecular formula is C26H31N5O7. The lowest BCUT2D eigenvalue weighted by Crippen LogP contribution is -2.43. The van der Waals surface area contributed by atoms with Crippen LogP contribution in [0.5, 0.6) is 5.75 Å². The Bertz CT molecular complexity index is 1450. The van der Waals surface area contributed by atoms with E-state index in [2.05, 4.69) is 4.98 Å². The van der Waals surface area contributed by atoms with Crippen LogP contribution < -0.4 is 16.2 Å². The molecule has 12 nitrogen and oxygen atoms in total. The Balaban J connectivity index is 1.77. The number of ether oxygens (including phenoxy) is 2. The van der Waals surface area contributed by atoms with Crippen molar-refractivity contribution >= 4 is 28.5 Å². The van der Waals surface area contributed by atoms with Crippen molar-refractivity contribution in [2.75, 3.05) is 26.8 Å². The Morgan fingerprint density at radius 2 is 2.08 bits per heavy atom. The van der Waals surface area contributed by atoms with Gasteiger partial charge in [-0.2, -0.15) is 0 Å². The van der Waals surface area contributed by atoms with Gasteiger partial charge in [-0.3, -0.25) is 24.3 Å². The molecule has 0 bridgehead atoms. The van der Waals surface area contributed by atoms with Gasteiger partial charge in [-0.25, -0.2) is 4.79 Å². The molecule has 3 aromatic rings. The largest absolute Gasteiger partial charge is 0.496 e. The van der Waals surface area contributed by atoms with Crippen molar-refractivity contribution in [3.05, 3.63) is 67.1 Å². The highest BCUT2D eigenvalue weighted by molar-refractivity contribution is 5.90. The number of nitro benzene ring substituents is 1. The molecule has 1 unspecified atom stereocenters. The number of non-ortho nitro benzene ring substituents is 1. The number of rotatable bonds is 10. The summed E-state index contributed by atoms with van der Waals surface area (Å²) in [5.74, 6) is -0.552. The molecule has 2 aromatic carbocycles. The number of amides is 2. The SMILES string of the molecule is COc1ccc([N+](=O)[O-])cc1Cn1c(=O)[nH]c2cc(C)c(C)c(CC(=O)N(CC(N)=O)CC3CCCO3)c21. The molecule has 0 radical (unpaired) electrons. The molecule has 2 amide bonds. The smallest absolute Gasteiger partial charge is 0.326 e. The number of nitrogens with two attached hydrogens (primary N) is 1. The zero-order valence-corrected chi connectivity index (χ0v) is 21.6. The van der Waals surface area contributed by atoms with Crippen LogP contribution in [-0.2, 0) is 27.3 Å². The molecule has 4 rings (SSSR count). The lowest BCUT2D eigenvalue weighted by atomic mass is 9.98. The van der Waals surface area contributed by atoms with Crippen LogP contribution in [0.25, 0.3) is 11.0 Å². The number of carbonyl (C=O) groups is 2. The van der Waals surface area contributed by atoms with Gasteiger partial charge in [0.05, 0.1) is 48.7 Å². The standard InChI is InChI=1S/C26H31N5O7/c1-15-9-21-25(30(26(34)28-21)12-17-10-18(31(35)36)6-7-22(17)37-3)20(16(15)2)11-24(33)29(14-23(27)32)13-19-5-4-8-38-19/h6-7,9-10,19H,4-5,8,11-14H2,1-3H3,(H2,27,32)(H,28,34). The molecule has 1 aliphatic heterocycles. The van der Waals surface area contributed by atoms with Gasteiger partial charge in [-0.05, 0) is 55.5 Å². The van der Waals surface area contributed by atoms with Crippen molar-refractivity contribution in [3.63, 3.8) is 0 Å². The molecule has 1 aromatic heterocycles. The predicted molar refractivity (Wildman–Crippen MR) is 139 cm³/mol. The third-order valence-electron chi connectivity index (χ3n) is 6.98. The van der Waals surface area contributed by atoms with E-state index in [0.717, 1.165) is 24.0 Å². The topological polar surface area (TPSA) is 163 Å². The summed E-state index contributed by atoms with van der Waals surface area (Å²) < 4.78 is 12.5. The number of aromatic amines is 1. The molecule has 38 heavy (non-hydrogen) atoms. The van der Waals surface area contributed by atoms with Crippen LogP contribution >= 0.6 is 0 Å². The highest BCUT2D eigenvalue weighted by Gasteiger charge is 2.26.